The molecule has 0 fully saturated rings. The van der Waals surface area contributed by atoms with Crippen molar-refractivity contribution < 1.29 is 0 Å². The lowest BCUT2D eigenvalue weighted by atomic mass is 9.62. The Morgan fingerprint density at radius 3 is 1.81 bits per heavy atom. The molecule has 0 radical (unpaired) electrons. The zero-order valence-corrected chi connectivity index (χ0v) is 27.8. The predicted octanol–water partition coefficient (Wildman–Crippen LogP) is 12.5. The maximum atomic E-state index is 2.50. The highest BCUT2D eigenvalue weighted by atomic mass is 32.1. The van der Waals surface area contributed by atoms with Crippen molar-refractivity contribution in [3.05, 3.63) is 197 Å². The molecule has 0 unspecified atom stereocenters. The normalized spacial score (nSPS) is 15.2. The van der Waals surface area contributed by atoms with E-state index in [9.17, 15) is 0 Å². The van der Waals surface area contributed by atoms with E-state index in [2.05, 4.69) is 183 Å². The molecule has 2 heteroatoms. The molecule has 1 aliphatic carbocycles. The molecule has 228 valence electrons. The molecule has 1 nitrogen and oxygen atoms in total. The first-order valence-electron chi connectivity index (χ1n) is 16.8. The van der Waals surface area contributed by atoms with E-state index in [0.717, 1.165) is 0 Å². The van der Waals surface area contributed by atoms with Gasteiger partial charge in [-0.15, -0.1) is 11.3 Å². The van der Waals surface area contributed by atoms with Crippen molar-refractivity contribution in [1.82, 2.24) is 0 Å². The van der Waals surface area contributed by atoms with E-state index in [0.29, 0.717) is 0 Å². The third kappa shape index (κ3) is 3.61. The van der Waals surface area contributed by atoms with Gasteiger partial charge in [-0.3, -0.25) is 0 Å². The summed E-state index contributed by atoms with van der Waals surface area (Å²) >= 11 is 1.88. The van der Waals surface area contributed by atoms with Gasteiger partial charge < -0.3 is 4.90 Å². The van der Waals surface area contributed by atoms with E-state index in [4.69, 9.17) is 0 Å². The zero-order chi connectivity index (χ0) is 32.0. The second-order valence-electron chi connectivity index (χ2n) is 13.7. The minimum Gasteiger partial charge on any atom is -0.310 e. The van der Waals surface area contributed by atoms with E-state index in [1.54, 1.807) is 0 Å². The number of anilines is 3. The number of benzene rings is 7. The quantitative estimate of drug-likeness (QED) is 0.188. The lowest BCUT2D eigenvalue weighted by molar-refractivity contribution is 0.660. The van der Waals surface area contributed by atoms with Crippen molar-refractivity contribution in [2.24, 2.45) is 0 Å². The van der Waals surface area contributed by atoms with E-state index in [1.165, 1.54) is 81.7 Å². The standard InChI is InChI=1S/C46H33NS/c1-45(2)37-18-8-6-16-33(37)34-26-25-32(29-40(34)45)47-41-21-11-9-19-38(41)46(30-14-4-3-5-15-30,39-20-10-12-22-42(39)47)31-24-27-44-36(28-31)35-17-7-13-23-43(35)48-44/h3-29H,1-2H3. The maximum absolute atomic E-state index is 2.50. The highest BCUT2D eigenvalue weighted by molar-refractivity contribution is 7.25. The Balaban J connectivity index is 1.27. The summed E-state index contributed by atoms with van der Waals surface area (Å²) in [5.74, 6) is 0. The lowest BCUT2D eigenvalue weighted by Gasteiger charge is -2.46. The van der Waals surface area contributed by atoms with Crippen LogP contribution in [0.2, 0.25) is 0 Å². The number of thiophene rings is 1. The SMILES string of the molecule is CC1(C)c2ccccc2-c2ccc(N3c4ccccc4C(c4ccccc4)(c4ccc5sc6ccccc6c5c4)c4ccccc43)cc21. The number of para-hydroxylation sites is 2. The Bertz CT molecular complexity index is 2510. The molecule has 0 N–H and O–H groups in total. The third-order valence-corrected chi connectivity index (χ3v) is 12.1. The molecule has 0 saturated carbocycles. The Morgan fingerprint density at radius 2 is 1.04 bits per heavy atom. The van der Waals surface area contributed by atoms with Gasteiger partial charge in [0, 0.05) is 31.3 Å². The average Bonchev–Trinajstić information content (AvgIpc) is 3.62. The summed E-state index contributed by atoms with van der Waals surface area (Å²) in [6, 6.07) is 61.3. The van der Waals surface area contributed by atoms with Crippen molar-refractivity contribution in [3.8, 4) is 11.1 Å². The molecule has 0 spiro atoms. The van der Waals surface area contributed by atoms with Crippen LogP contribution >= 0.6 is 11.3 Å². The number of nitrogens with zero attached hydrogens (tertiary/aromatic N) is 1. The van der Waals surface area contributed by atoms with Gasteiger partial charge in [-0.05, 0) is 87.0 Å². The molecule has 0 amide bonds. The largest absolute Gasteiger partial charge is 0.310 e. The van der Waals surface area contributed by atoms with Crippen LogP contribution in [0.4, 0.5) is 17.1 Å². The van der Waals surface area contributed by atoms with Crippen LogP contribution in [0.5, 0.6) is 0 Å². The minimum absolute atomic E-state index is 0.0801. The molecule has 1 aromatic heterocycles. The monoisotopic (exact) mass is 631 g/mol. The van der Waals surface area contributed by atoms with Crippen LogP contribution in [0.3, 0.4) is 0 Å². The number of rotatable bonds is 3. The van der Waals surface area contributed by atoms with E-state index < -0.39 is 5.41 Å². The number of fused-ring (bicyclic) bond motifs is 8. The molecule has 0 bridgehead atoms. The fourth-order valence-corrected chi connectivity index (χ4v) is 9.88. The molecule has 2 heterocycles. The molecular formula is C46H33NS. The van der Waals surface area contributed by atoms with Crippen molar-refractivity contribution in [2.75, 3.05) is 4.90 Å². The van der Waals surface area contributed by atoms with Crippen molar-refractivity contribution >= 4 is 48.6 Å². The molecule has 2 aliphatic rings. The van der Waals surface area contributed by atoms with Crippen LogP contribution < -0.4 is 4.90 Å². The minimum atomic E-state index is -0.519. The predicted molar refractivity (Wildman–Crippen MR) is 203 cm³/mol. The fraction of sp³-hybridized carbons (Fsp3) is 0.0870. The summed E-state index contributed by atoms with van der Waals surface area (Å²) in [5, 5.41) is 2.64. The maximum Gasteiger partial charge on any atom is 0.0742 e. The zero-order valence-electron chi connectivity index (χ0n) is 26.9. The fourth-order valence-electron chi connectivity index (χ4n) is 8.79. The second kappa shape index (κ2) is 10.0. The highest BCUT2D eigenvalue weighted by Crippen LogP contribution is 2.59. The Labute approximate surface area is 285 Å². The van der Waals surface area contributed by atoms with Crippen molar-refractivity contribution in [2.45, 2.75) is 24.7 Å². The van der Waals surface area contributed by atoms with Crippen molar-refractivity contribution in [3.63, 3.8) is 0 Å². The molecule has 48 heavy (non-hydrogen) atoms. The van der Waals surface area contributed by atoms with Crippen molar-refractivity contribution in [1.29, 1.82) is 0 Å². The van der Waals surface area contributed by atoms with Crippen LogP contribution in [0.15, 0.2) is 164 Å². The number of hydrogen-bond donors (Lipinski definition) is 0. The van der Waals surface area contributed by atoms with Crippen LogP contribution in [0.25, 0.3) is 31.3 Å². The van der Waals surface area contributed by atoms with Gasteiger partial charge in [0.25, 0.3) is 0 Å². The van der Waals surface area contributed by atoms with Crippen LogP contribution in [0, 0.1) is 0 Å². The van der Waals surface area contributed by atoms with Gasteiger partial charge in [-0.1, -0.05) is 135 Å². The van der Waals surface area contributed by atoms with E-state index in [1.807, 2.05) is 11.3 Å². The number of hydrogen-bond acceptors (Lipinski definition) is 2. The van der Waals surface area contributed by atoms with Crippen LogP contribution in [-0.4, -0.2) is 0 Å². The molecule has 1 aliphatic heterocycles. The summed E-state index contributed by atoms with van der Waals surface area (Å²) in [6.07, 6.45) is 0. The van der Waals surface area contributed by atoms with Gasteiger partial charge in [-0.2, -0.15) is 0 Å². The Morgan fingerprint density at radius 1 is 0.438 bits per heavy atom. The van der Waals surface area contributed by atoms with E-state index >= 15 is 0 Å². The summed E-state index contributed by atoms with van der Waals surface area (Å²) < 4.78 is 2.65. The van der Waals surface area contributed by atoms with Gasteiger partial charge >= 0.3 is 0 Å². The Hall–Kier alpha value is -5.44. The van der Waals surface area contributed by atoms with Gasteiger partial charge in [0.1, 0.15) is 0 Å². The first kappa shape index (κ1) is 27.7. The topological polar surface area (TPSA) is 3.24 Å². The smallest absolute Gasteiger partial charge is 0.0742 e. The highest BCUT2D eigenvalue weighted by Gasteiger charge is 2.47. The first-order valence-corrected chi connectivity index (χ1v) is 17.6. The molecule has 10 rings (SSSR count). The summed E-state index contributed by atoms with van der Waals surface area (Å²) in [7, 11) is 0. The van der Waals surface area contributed by atoms with Gasteiger partial charge in [0.2, 0.25) is 0 Å². The average molecular weight is 632 g/mol. The summed E-state index contributed by atoms with van der Waals surface area (Å²) in [5.41, 5.74) is 13.6. The third-order valence-electron chi connectivity index (χ3n) is 10.9. The molecule has 0 saturated heterocycles. The molecule has 7 aromatic carbocycles. The first-order chi connectivity index (χ1) is 23.6. The molecular weight excluding hydrogens is 599 g/mol. The lowest BCUT2D eigenvalue weighted by Crippen LogP contribution is -2.37. The van der Waals surface area contributed by atoms with E-state index in [-0.39, 0.29) is 5.41 Å². The van der Waals surface area contributed by atoms with Gasteiger partial charge in [-0.25, -0.2) is 0 Å². The van der Waals surface area contributed by atoms with Gasteiger partial charge in [0.15, 0.2) is 0 Å². The van der Waals surface area contributed by atoms with Gasteiger partial charge in [0.05, 0.1) is 16.8 Å². The summed E-state index contributed by atoms with van der Waals surface area (Å²) in [4.78, 5) is 2.50. The molecule has 0 atom stereocenters. The van der Waals surface area contributed by atoms with Crippen LogP contribution in [0.1, 0.15) is 47.2 Å². The van der Waals surface area contributed by atoms with Crippen LogP contribution in [-0.2, 0) is 10.8 Å². The second-order valence-corrected chi connectivity index (χ2v) is 14.8. The molecule has 8 aromatic rings. The summed E-state index contributed by atoms with van der Waals surface area (Å²) in [6.45, 7) is 4.73. The Kier molecular flexibility index (Phi) is 5.78.